The molecular weight excluding hydrogens is 436 g/mol. The Morgan fingerprint density at radius 2 is 1.97 bits per heavy atom. The van der Waals surface area contributed by atoms with Crippen LogP contribution in [-0.4, -0.2) is 54.3 Å². The highest BCUT2D eigenvalue weighted by atomic mass is 16.5. The molecule has 2 aromatic rings. The maximum Gasteiger partial charge on any atom is 0.339 e. The number of benzene rings is 1. The van der Waals surface area contributed by atoms with Crippen molar-refractivity contribution in [2.24, 2.45) is 5.92 Å². The smallest absolute Gasteiger partial charge is 0.339 e. The Bertz CT molecular complexity index is 1150. The number of ether oxygens (including phenoxy) is 3. The summed E-state index contributed by atoms with van der Waals surface area (Å²) < 4.78 is 16.1. The van der Waals surface area contributed by atoms with Crippen LogP contribution >= 0.6 is 0 Å². The molecule has 0 saturated heterocycles. The molecule has 4 rings (SSSR count). The number of esters is 1. The standard InChI is InChI=1S/C26H28N2O6/c1-15(2)10-20(21(29)12-18-9-8-16(13-27-18)26(31)33-4)28-14-17-11-19-22(32-3)6-5-7-23(19)34-24(17)25(28)30/h5-9,13,15,20H,10-12,14H2,1-4H3/t20-/m0/s1. The normalized spacial score (nSPS) is 15.6. The van der Waals surface area contributed by atoms with Gasteiger partial charge in [0, 0.05) is 36.0 Å². The molecule has 8 heteroatoms. The summed E-state index contributed by atoms with van der Waals surface area (Å²) in [6, 6.07) is 8.12. The zero-order valence-electron chi connectivity index (χ0n) is 19.8. The van der Waals surface area contributed by atoms with E-state index in [1.807, 2.05) is 32.0 Å². The fourth-order valence-electron chi connectivity index (χ4n) is 4.41. The molecule has 1 atom stereocenters. The fraction of sp³-hybridized carbons (Fsp3) is 0.385. The van der Waals surface area contributed by atoms with Crippen molar-refractivity contribution in [1.29, 1.82) is 0 Å². The number of rotatable bonds is 8. The van der Waals surface area contributed by atoms with Crippen molar-refractivity contribution in [2.75, 3.05) is 20.8 Å². The van der Waals surface area contributed by atoms with E-state index in [-0.39, 0.29) is 24.0 Å². The van der Waals surface area contributed by atoms with Gasteiger partial charge in [0.2, 0.25) is 0 Å². The first-order valence-corrected chi connectivity index (χ1v) is 11.2. The molecule has 34 heavy (non-hydrogen) atoms. The molecule has 1 aromatic heterocycles. The number of nitrogens with zero attached hydrogens (tertiary/aromatic N) is 2. The minimum atomic E-state index is -0.603. The zero-order valence-corrected chi connectivity index (χ0v) is 19.8. The Labute approximate surface area is 198 Å². The Balaban J connectivity index is 1.53. The molecule has 0 bridgehead atoms. The van der Waals surface area contributed by atoms with Gasteiger partial charge in [-0.25, -0.2) is 4.79 Å². The van der Waals surface area contributed by atoms with Crippen molar-refractivity contribution in [3.8, 4) is 11.5 Å². The van der Waals surface area contributed by atoms with E-state index in [1.165, 1.54) is 13.3 Å². The van der Waals surface area contributed by atoms with Crippen LogP contribution in [0.5, 0.6) is 11.5 Å². The molecule has 8 nitrogen and oxygen atoms in total. The van der Waals surface area contributed by atoms with E-state index < -0.39 is 12.0 Å². The number of carbonyl (C=O) groups excluding carboxylic acids is 3. The Hall–Kier alpha value is -3.68. The number of pyridine rings is 1. The number of Topliss-reactive ketones (excluding diaryl/α,β-unsaturated/α-hetero) is 1. The van der Waals surface area contributed by atoms with Gasteiger partial charge in [-0.05, 0) is 36.6 Å². The summed E-state index contributed by atoms with van der Waals surface area (Å²) in [7, 11) is 2.91. The van der Waals surface area contributed by atoms with Crippen LogP contribution in [0.4, 0.5) is 0 Å². The molecule has 178 valence electrons. The molecule has 0 spiro atoms. The number of fused-ring (bicyclic) bond motifs is 1. The molecule has 2 aliphatic rings. The van der Waals surface area contributed by atoms with Crippen LogP contribution in [0.3, 0.4) is 0 Å². The Kier molecular flexibility index (Phi) is 6.68. The van der Waals surface area contributed by atoms with Gasteiger partial charge < -0.3 is 19.1 Å². The van der Waals surface area contributed by atoms with Gasteiger partial charge in [0.05, 0.1) is 32.2 Å². The number of hydrogen-bond acceptors (Lipinski definition) is 7. The number of amides is 1. The summed E-state index contributed by atoms with van der Waals surface area (Å²) in [4.78, 5) is 44.2. The zero-order chi connectivity index (χ0) is 24.4. The lowest BCUT2D eigenvalue weighted by atomic mass is 9.96. The topological polar surface area (TPSA) is 95.0 Å². The van der Waals surface area contributed by atoms with Crippen LogP contribution in [0, 0.1) is 5.92 Å². The summed E-state index contributed by atoms with van der Waals surface area (Å²) in [5.41, 5.74) is 2.60. The number of carbonyl (C=O) groups is 3. The molecule has 1 aromatic carbocycles. The average molecular weight is 465 g/mol. The quantitative estimate of drug-likeness (QED) is 0.554. The molecule has 0 fully saturated rings. The van der Waals surface area contributed by atoms with E-state index in [0.29, 0.717) is 47.9 Å². The predicted octanol–water partition coefficient (Wildman–Crippen LogP) is 3.13. The van der Waals surface area contributed by atoms with E-state index in [4.69, 9.17) is 9.47 Å². The van der Waals surface area contributed by atoms with Gasteiger partial charge in [-0.2, -0.15) is 0 Å². The van der Waals surface area contributed by atoms with Crippen LogP contribution in [0.15, 0.2) is 47.9 Å². The van der Waals surface area contributed by atoms with E-state index in [0.717, 1.165) is 11.1 Å². The highest BCUT2D eigenvalue weighted by Gasteiger charge is 2.41. The summed E-state index contributed by atoms with van der Waals surface area (Å²) in [6.07, 6.45) is 2.52. The van der Waals surface area contributed by atoms with Gasteiger partial charge in [-0.3, -0.25) is 14.6 Å². The van der Waals surface area contributed by atoms with E-state index in [9.17, 15) is 14.4 Å². The molecule has 0 radical (unpaired) electrons. The maximum absolute atomic E-state index is 13.4. The highest BCUT2D eigenvalue weighted by molar-refractivity contribution is 6.00. The van der Waals surface area contributed by atoms with E-state index in [1.54, 1.807) is 24.1 Å². The number of methoxy groups -OCH3 is 2. The molecule has 0 N–H and O–H groups in total. The minimum absolute atomic E-state index is 0.0577. The maximum atomic E-state index is 13.4. The Morgan fingerprint density at radius 1 is 1.18 bits per heavy atom. The first-order valence-electron chi connectivity index (χ1n) is 11.2. The summed E-state index contributed by atoms with van der Waals surface area (Å²) in [5, 5.41) is 0. The molecular formula is C26H28N2O6. The second-order valence-corrected chi connectivity index (χ2v) is 8.90. The number of aromatic nitrogens is 1. The lowest BCUT2D eigenvalue weighted by molar-refractivity contribution is -0.136. The Morgan fingerprint density at radius 3 is 2.62 bits per heavy atom. The molecule has 0 saturated carbocycles. The molecule has 0 unspecified atom stereocenters. The van der Waals surface area contributed by atoms with Gasteiger partial charge in [0.25, 0.3) is 5.91 Å². The van der Waals surface area contributed by atoms with Crippen molar-refractivity contribution in [2.45, 2.75) is 39.2 Å². The van der Waals surface area contributed by atoms with Gasteiger partial charge in [-0.1, -0.05) is 19.9 Å². The second-order valence-electron chi connectivity index (χ2n) is 8.90. The summed E-state index contributed by atoms with van der Waals surface area (Å²) in [5.74, 6) is 0.975. The average Bonchev–Trinajstić information content (AvgIpc) is 3.15. The van der Waals surface area contributed by atoms with Gasteiger partial charge >= 0.3 is 5.97 Å². The van der Waals surface area contributed by atoms with Crippen molar-refractivity contribution in [3.05, 3.63) is 64.7 Å². The van der Waals surface area contributed by atoms with Crippen LogP contribution in [0.2, 0.25) is 0 Å². The van der Waals surface area contributed by atoms with E-state index in [2.05, 4.69) is 9.72 Å². The predicted molar refractivity (Wildman–Crippen MR) is 124 cm³/mol. The lowest BCUT2D eigenvalue weighted by Crippen LogP contribution is -2.45. The van der Waals surface area contributed by atoms with Crippen molar-refractivity contribution >= 4 is 17.7 Å². The summed E-state index contributed by atoms with van der Waals surface area (Å²) in [6.45, 7) is 4.38. The van der Waals surface area contributed by atoms with Gasteiger partial charge in [-0.15, -0.1) is 0 Å². The van der Waals surface area contributed by atoms with Crippen LogP contribution in [-0.2, 0) is 27.2 Å². The lowest BCUT2D eigenvalue weighted by Gasteiger charge is -2.28. The molecule has 2 aliphatic heterocycles. The van der Waals surface area contributed by atoms with Crippen LogP contribution < -0.4 is 9.47 Å². The molecule has 0 aliphatic carbocycles. The van der Waals surface area contributed by atoms with Crippen molar-refractivity contribution in [1.82, 2.24) is 9.88 Å². The monoisotopic (exact) mass is 464 g/mol. The third kappa shape index (κ3) is 4.53. The highest BCUT2D eigenvalue weighted by Crippen LogP contribution is 2.40. The van der Waals surface area contributed by atoms with Crippen molar-refractivity contribution < 1.29 is 28.6 Å². The largest absolute Gasteiger partial charge is 0.496 e. The van der Waals surface area contributed by atoms with Crippen molar-refractivity contribution in [3.63, 3.8) is 0 Å². The van der Waals surface area contributed by atoms with E-state index >= 15 is 0 Å². The second kappa shape index (κ2) is 9.67. The first kappa shape index (κ1) is 23.5. The number of hydrogen-bond donors (Lipinski definition) is 0. The van der Waals surface area contributed by atoms with Gasteiger partial charge in [0.15, 0.2) is 11.5 Å². The molecule has 3 heterocycles. The fourth-order valence-corrected chi connectivity index (χ4v) is 4.41. The van der Waals surface area contributed by atoms with Crippen LogP contribution in [0.1, 0.15) is 41.9 Å². The minimum Gasteiger partial charge on any atom is -0.496 e. The first-order chi connectivity index (χ1) is 16.3. The van der Waals surface area contributed by atoms with Crippen LogP contribution in [0.25, 0.3) is 0 Å². The van der Waals surface area contributed by atoms with Gasteiger partial charge in [0.1, 0.15) is 11.5 Å². The third-order valence-electron chi connectivity index (χ3n) is 6.09. The SMILES string of the molecule is COC(=O)c1ccc(CC(=O)[C@H](CC(C)C)N2CC3=C(Oc4cccc(OC)c4C3)C2=O)nc1. The third-order valence-corrected chi connectivity index (χ3v) is 6.09. The number of ketones is 1. The summed E-state index contributed by atoms with van der Waals surface area (Å²) >= 11 is 0. The molecule has 1 amide bonds.